The molecule has 2 N–H and O–H groups in total. The fraction of sp³-hybridized carbons (Fsp3) is 0.667. The SMILES string of the molecule is CCCCCCCCON=C(C(=O)OCC)c1csc(N)n1. The van der Waals surface area contributed by atoms with E-state index in [2.05, 4.69) is 17.1 Å². The van der Waals surface area contributed by atoms with Crippen LogP contribution in [0.5, 0.6) is 0 Å². The number of nitrogens with two attached hydrogens (primary N) is 1. The third kappa shape index (κ3) is 6.89. The normalized spacial score (nSPS) is 11.5. The molecule has 0 radical (unpaired) electrons. The van der Waals surface area contributed by atoms with Crippen LogP contribution in [0.25, 0.3) is 0 Å². The summed E-state index contributed by atoms with van der Waals surface area (Å²) in [7, 11) is 0. The minimum Gasteiger partial charge on any atom is -0.461 e. The van der Waals surface area contributed by atoms with Crippen LogP contribution in [0, 0.1) is 0 Å². The van der Waals surface area contributed by atoms with Crippen LogP contribution in [-0.2, 0) is 14.4 Å². The van der Waals surface area contributed by atoms with E-state index in [9.17, 15) is 4.79 Å². The Hall–Kier alpha value is -1.63. The van der Waals surface area contributed by atoms with Gasteiger partial charge in [-0.2, -0.15) is 0 Å². The molecule has 7 heteroatoms. The average molecular weight is 327 g/mol. The molecule has 0 saturated heterocycles. The Labute approximate surface area is 135 Å². The highest BCUT2D eigenvalue weighted by atomic mass is 32.1. The van der Waals surface area contributed by atoms with Crippen molar-refractivity contribution < 1.29 is 14.4 Å². The number of carbonyl (C=O) groups excluding carboxylic acids is 1. The Bertz CT molecular complexity index is 474. The highest BCUT2D eigenvalue weighted by Crippen LogP contribution is 2.13. The van der Waals surface area contributed by atoms with Gasteiger partial charge in [-0.3, -0.25) is 0 Å². The van der Waals surface area contributed by atoms with E-state index in [4.69, 9.17) is 15.3 Å². The molecule has 0 atom stereocenters. The molecule has 1 aromatic rings. The van der Waals surface area contributed by atoms with Crippen molar-refractivity contribution in [3.05, 3.63) is 11.1 Å². The quantitative estimate of drug-likeness (QED) is 0.291. The molecule has 0 spiro atoms. The lowest BCUT2D eigenvalue weighted by Gasteiger charge is -2.04. The number of unbranched alkanes of at least 4 members (excludes halogenated alkanes) is 5. The van der Waals surface area contributed by atoms with E-state index < -0.39 is 5.97 Å². The van der Waals surface area contributed by atoms with Gasteiger partial charge in [0, 0.05) is 5.38 Å². The Morgan fingerprint density at radius 2 is 2.00 bits per heavy atom. The van der Waals surface area contributed by atoms with Crippen LogP contribution >= 0.6 is 11.3 Å². The van der Waals surface area contributed by atoms with Crippen LogP contribution in [0.15, 0.2) is 10.5 Å². The summed E-state index contributed by atoms with van der Waals surface area (Å²) in [5, 5.41) is 5.93. The Morgan fingerprint density at radius 1 is 1.27 bits per heavy atom. The van der Waals surface area contributed by atoms with E-state index in [-0.39, 0.29) is 12.3 Å². The van der Waals surface area contributed by atoms with E-state index in [1.54, 1.807) is 12.3 Å². The predicted molar refractivity (Wildman–Crippen MR) is 89.0 cm³/mol. The summed E-state index contributed by atoms with van der Waals surface area (Å²) in [5.74, 6) is -0.546. The maximum absolute atomic E-state index is 11.9. The van der Waals surface area contributed by atoms with Crippen LogP contribution in [0.3, 0.4) is 0 Å². The maximum atomic E-state index is 11.9. The second-order valence-corrected chi connectivity index (χ2v) is 5.72. The third-order valence-corrected chi connectivity index (χ3v) is 3.65. The predicted octanol–water partition coefficient (Wildman–Crippen LogP) is 3.37. The molecule has 1 heterocycles. The van der Waals surface area contributed by atoms with Crippen molar-refractivity contribution in [2.24, 2.45) is 5.16 Å². The first-order valence-electron chi connectivity index (χ1n) is 7.77. The van der Waals surface area contributed by atoms with Gasteiger partial charge in [0.2, 0.25) is 5.71 Å². The maximum Gasteiger partial charge on any atom is 0.362 e. The lowest BCUT2D eigenvalue weighted by atomic mass is 10.1. The molecule has 0 aliphatic carbocycles. The third-order valence-electron chi connectivity index (χ3n) is 2.98. The number of carbonyl (C=O) groups is 1. The Balaban J connectivity index is 2.44. The molecular formula is C15H25N3O3S. The number of nitrogens with zero attached hydrogens (tertiary/aromatic N) is 2. The molecular weight excluding hydrogens is 302 g/mol. The van der Waals surface area contributed by atoms with E-state index >= 15 is 0 Å². The van der Waals surface area contributed by atoms with Crippen molar-refractivity contribution in [1.29, 1.82) is 0 Å². The first-order chi connectivity index (χ1) is 10.7. The monoisotopic (exact) mass is 327 g/mol. The summed E-state index contributed by atoms with van der Waals surface area (Å²) in [6.45, 7) is 4.69. The van der Waals surface area contributed by atoms with Gasteiger partial charge in [-0.25, -0.2) is 9.78 Å². The highest BCUT2D eigenvalue weighted by Gasteiger charge is 2.19. The van der Waals surface area contributed by atoms with Gasteiger partial charge in [-0.05, 0) is 19.8 Å². The van der Waals surface area contributed by atoms with Gasteiger partial charge in [0.25, 0.3) is 0 Å². The van der Waals surface area contributed by atoms with Crippen LogP contribution < -0.4 is 5.73 Å². The molecule has 22 heavy (non-hydrogen) atoms. The number of aromatic nitrogens is 1. The number of rotatable bonds is 11. The number of anilines is 1. The molecule has 124 valence electrons. The number of nitrogen functional groups attached to an aromatic ring is 1. The molecule has 0 saturated carbocycles. The molecule has 0 amide bonds. The fourth-order valence-corrected chi connectivity index (χ4v) is 2.39. The smallest absolute Gasteiger partial charge is 0.362 e. The highest BCUT2D eigenvalue weighted by molar-refractivity contribution is 7.13. The minimum absolute atomic E-state index is 0.0702. The van der Waals surface area contributed by atoms with Gasteiger partial charge in [0.1, 0.15) is 12.3 Å². The molecule has 0 fully saturated rings. The Kier molecular flexibility index (Phi) is 9.21. The molecule has 0 aromatic carbocycles. The molecule has 1 rings (SSSR count). The molecule has 0 aliphatic rings. The van der Waals surface area contributed by atoms with Crippen molar-refractivity contribution in [2.45, 2.75) is 52.4 Å². The first kappa shape index (κ1) is 18.4. The second-order valence-electron chi connectivity index (χ2n) is 4.83. The van der Waals surface area contributed by atoms with Gasteiger partial charge in [-0.1, -0.05) is 37.8 Å². The van der Waals surface area contributed by atoms with Crippen LogP contribution in [0.4, 0.5) is 5.13 Å². The second kappa shape index (κ2) is 11.0. The standard InChI is InChI=1S/C15H25N3O3S/c1-3-5-6-7-8-9-10-21-18-13(14(19)20-4-2)12-11-22-15(16)17-12/h11H,3-10H2,1-2H3,(H2,16,17). The fourth-order valence-electron chi connectivity index (χ4n) is 1.84. The summed E-state index contributed by atoms with van der Waals surface area (Å²) < 4.78 is 4.96. The molecule has 1 aromatic heterocycles. The average Bonchev–Trinajstić information content (AvgIpc) is 2.92. The zero-order valence-corrected chi connectivity index (χ0v) is 14.2. The Morgan fingerprint density at radius 3 is 2.64 bits per heavy atom. The van der Waals surface area contributed by atoms with E-state index in [1.165, 1.54) is 37.0 Å². The number of thiazole rings is 1. The summed E-state index contributed by atoms with van der Waals surface area (Å²) in [6, 6.07) is 0. The molecule has 0 bridgehead atoms. The van der Waals surface area contributed by atoms with E-state index in [0.717, 1.165) is 12.8 Å². The number of hydrogen-bond acceptors (Lipinski definition) is 7. The number of ether oxygens (including phenoxy) is 1. The lowest BCUT2D eigenvalue weighted by molar-refractivity contribution is -0.135. The van der Waals surface area contributed by atoms with Gasteiger partial charge >= 0.3 is 5.97 Å². The first-order valence-corrected chi connectivity index (χ1v) is 8.65. The van der Waals surface area contributed by atoms with Crippen molar-refractivity contribution in [3.63, 3.8) is 0 Å². The van der Waals surface area contributed by atoms with Crippen molar-refractivity contribution in [3.8, 4) is 0 Å². The van der Waals surface area contributed by atoms with Gasteiger partial charge in [0.05, 0.1) is 6.61 Å². The molecule has 0 aliphatic heterocycles. The van der Waals surface area contributed by atoms with Crippen molar-refractivity contribution >= 4 is 28.1 Å². The minimum atomic E-state index is -0.546. The lowest BCUT2D eigenvalue weighted by Crippen LogP contribution is -2.20. The topological polar surface area (TPSA) is 86.8 Å². The summed E-state index contributed by atoms with van der Waals surface area (Å²) in [4.78, 5) is 21.2. The largest absolute Gasteiger partial charge is 0.461 e. The van der Waals surface area contributed by atoms with Gasteiger partial charge in [-0.15, -0.1) is 11.3 Å². The van der Waals surface area contributed by atoms with Gasteiger partial charge < -0.3 is 15.3 Å². The van der Waals surface area contributed by atoms with Crippen LogP contribution in [-0.4, -0.2) is 29.9 Å². The summed E-state index contributed by atoms with van der Waals surface area (Å²) in [6.07, 6.45) is 6.99. The van der Waals surface area contributed by atoms with E-state index in [1.807, 2.05) is 0 Å². The van der Waals surface area contributed by atoms with Crippen LogP contribution in [0.2, 0.25) is 0 Å². The van der Waals surface area contributed by atoms with E-state index in [0.29, 0.717) is 17.4 Å². The molecule has 6 nitrogen and oxygen atoms in total. The molecule has 0 unspecified atom stereocenters. The van der Waals surface area contributed by atoms with Gasteiger partial charge in [0.15, 0.2) is 5.13 Å². The van der Waals surface area contributed by atoms with Crippen molar-refractivity contribution in [2.75, 3.05) is 18.9 Å². The number of hydrogen-bond donors (Lipinski definition) is 1. The number of oxime groups is 1. The zero-order valence-electron chi connectivity index (χ0n) is 13.3. The van der Waals surface area contributed by atoms with Crippen molar-refractivity contribution in [1.82, 2.24) is 4.98 Å². The zero-order chi connectivity index (χ0) is 16.2. The summed E-state index contributed by atoms with van der Waals surface area (Å²) >= 11 is 1.25. The summed E-state index contributed by atoms with van der Waals surface area (Å²) in [5.41, 5.74) is 6.05. The van der Waals surface area contributed by atoms with Crippen LogP contribution in [0.1, 0.15) is 58.1 Å². The number of esters is 1.